The smallest absolute Gasteiger partial charge is 0.315 e. The number of benzene rings is 2. The second-order valence-electron chi connectivity index (χ2n) is 5.54. The molecule has 27 heavy (non-hydrogen) atoms. The zero-order chi connectivity index (χ0) is 19.4. The number of imide groups is 1. The highest BCUT2D eigenvalue weighted by Gasteiger charge is 2.25. The van der Waals surface area contributed by atoms with Crippen LogP contribution in [0.3, 0.4) is 0 Å². The van der Waals surface area contributed by atoms with Crippen molar-refractivity contribution >= 4 is 50.9 Å². The Labute approximate surface area is 168 Å². The molecule has 1 N–H and O–H groups in total. The van der Waals surface area contributed by atoms with Gasteiger partial charge in [-0.25, -0.2) is 0 Å². The van der Waals surface area contributed by atoms with Crippen molar-refractivity contribution in [2.24, 2.45) is 0 Å². The molecule has 0 aliphatic carbocycles. The first-order valence-electron chi connectivity index (χ1n) is 7.82. The molecule has 2 aromatic rings. The molecule has 0 spiro atoms. The summed E-state index contributed by atoms with van der Waals surface area (Å²) in [6.07, 6.45) is 1.69. The van der Waals surface area contributed by atoms with Crippen molar-refractivity contribution < 1.29 is 23.9 Å². The molecule has 1 aliphatic heterocycles. The topological polar surface area (TPSA) is 81.7 Å². The van der Waals surface area contributed by atoms with E-state index in [9.17, 15) is 14.4 Å². The number of carbonyl (C=O) groups excluding carboxylic acids is 3. The van der Waals surface area contributed by atoms with Gasteiger partial charge in [0.05, 0.1) is 18.4 Å². The van der Waals surface area contributed by atoms with Gasteiger partial charge in [0.1, 0.15) is 0 Å². The van der Waals surface area contributed by atoms with Gasteiger partial charge in [0.2, 0.25) is 0 Å². The van der Waals surface area contributed by atoms with Gasteiger partial charge in [-0.15, -0.1) is 0 Å². The minimum absolute atomic E-state index is 0.118. The molecule has 2 amide bonds. The number of carbonyl (C=O) groups is 3. The van der Waals surface area contributed by atoms with Crippen molar-refractivity contribution in [3.63, 3.8) is 0 Å². The van der Waals surface area contributed by atoms with Gasteiger partial charge in [-0.1, -0.05) is 34.1 Å². The Kier molecular flexibility index (Phi) is 5.98. The minimum atomic E-state index is -0.437. The number of thioether (sulfide) groups is 1. The third kappa shape index (κ3) is 4.99. The molecule has 3 rings (SSSR count). The van der Waals surface area contributed by atoms with Gasteiger partial charge in [-0.05, 0) is 53.2 Å². The van der Waals surface area contributed by atoms with Gasteiger partial charge in [0, 0.05) is 4.47 Å². The summed E-state index contributed by atoms with van der Waals surface area (Å²) in [5.41, 5.74) is 1.47. The summed E-state index contributed by atoms with van der Waals surface area (Å²) >= 11 is 4.20. The van der Waals surface area contributed by atoms with Crippen LogP contribution < -0.4 is 14.8 Å². The standard InChI is InChI=1S/C19H14BrNO5S/c1-25-15-8-12(9-16-18(23)21-19(24)27-16)5-6-14(15)26-17(22)10-11-3-2-4-13(20)7-11/h2-9H,10H2,1H3,(H,21,23,24). The van der Waals surface area contributed by atoms with Crippen LogP contribution in [-0.4, -0.2) is 24.2 Å². The molecule has 1 fully saturated rings. The lowest BCUT2D eigenvalue weighted by molar-refractivity contribution is -0.133. The lowest BCUT2D eigenvalue weighted by atomic mass is 10.1. The molecule has 1 aliphatic rings. The second kappa shape index (κ2) is 8.41. The number of hydrogen-bond acceptors (Lipinski definition) is 6. The van der Waals surface area contributed by atoms with E-state index in [4.69, 9.17) is 9.47 Å². The van der Waals surface area contributed by atoms with Crippen molar-refractivity contribution in [2.75, 3.05) is 7.11 Å². The van der Waals surface area contributed by atoms with Crippen LogP contribution in [0, 0.1) is 0 Å². The quantitative estimate of drug-likeness (QED) is 0.424. The molecular weight excluding hydrogens is 434 g/mol. The van der Waals surface area contributed by atoms with Gasteiger partial charge in [0.25, 0.3) is 11.1 Å². The van der Waals surface area contributed by atoms with Gasteiger partial charge in [-0.3, -0.25) is 19.7 Å². The molecule has 0 bridgehead atoms. The maximum atomic E-state index is 12.2. The molecule has 138 valence electrons. The van der Waals surface area contributed by atoms with E-state index < -0.39 is 17.1 Å². The predicted octanol–water partition coefficient (Wildman–Crippen LogP) is 3.93. The number of esters is 1. The number of amides is 2. The summed E-state index contributed by atoms with van der Waals surface area (Å²) in [5.74, 6) is -0.233. The number of rotatable bonds is 5. The average Bonchev–Trinajstić information content (AvgIpc) is 2.93. The Morgan fingerprint density at radius 3 is 2.67 bits per heavy atom. The van der Waals surface area contributed by atoms with E-state index in [1.54, 1.807) is 24.3 Å². The van der Waals surface area contributed by atoms with Crippen LogP contribution in [0.2, 0.25) is 0 Å². The van der Waals surface area contributed by atoms with Crippen LogP contribution in [0.4, 0.5) is 4.79 Å². The van der Waals surface area contributed by atoms with E-state index in [-0.39, 0.29) is 12.2 Å². The fraction of sp³-hybridized carbons (Fsp3) is 0.105. The summed E-state index contributed by atoms with van der Waals surface area (Å²) in [4.78, 5) is 35.4. The Morgan fingerprint density at radius 1 is 1.19 bits per heavy atom. The number of halogens is 1. The highest BCUT2D eigenvalue weighted by Crippen LogP contribution is 2.31. The first kappa shape index (κ1) is 19.2. The molecule has 0 radical (unpaired) electrons. The van der Waals surface area contributed by atoms with Crippen LogP contribution in [0.25, 0.3) is 6.08 Å². The van der Waals surface area contributed by atoms with Gasteiger partial charge < -0.3 is 9.47 Å². The fourth-order valence-corrected chi connectivity index (χ4v) is 3.53. The average molecular weight is 448 g/mol. The first-order valence-corrected chi connectivity index (χ1v) is 9.43. The van der Waals surface area contributed by atoms with Crippen molar-refractivity contribution in [2.45, 2.75) is 6.42 Å². The van der Waals surface area contributed by atoms with Gasteiger partial charge >= 0.3 is 5.97 Å². The van der Waals surface area contributed by atoms with Crippen LogP contribution in [0.15, 0.2) is 51.8 Å². The minimum Gasteiger partial charge on any atom is -0.493 e. The maximum absolute atomic E-state index is 12.2. The first-order chi connectivity index (χ1) is 12.9. The monoisotopic (exact) mass is 447 g/mol. The second-order valence-corrected chi connectivity index (χ2v) is 7.47. The van der Waals surface area contributed by atoms with E-state index in [0.717, 1.165) is 21.8 Å². The SMILES string of the molecule is COc1cc(C=C2SC(=O)NC2=O)ccc1OC(=O)Cc1cccc(Br)c1. The van der Waals surface area contributed by atoms with Crippen molar-refractivity contribution in [1.29, 1.82) is 0 Å². The van der Waals surface area contributed by atoms with Crippen molar-refractivity contribution in [1.82, 2.24) is 5.32 Å². The Bertz CT molecular complexity index is 957. The molecule has 6 nitrogen and oxygen atoms in total. The number of hydrogen-bond donors (Lipinski definition) is 1. The molecule has 0 atom stereocenters. The maximum Gasteiger partial charge on any atom is 0.315 e. The van der Waals surface area contributed by atoms with E-state index in [2.05, 4.69) is 21.2 Å². The third-order valence-corrected chi connectivity index (χ3v) is 4.89. The molecule has 2 aromatic carbocycles. The Balaban J connectivity index is 1.74. The summed E-state index contributed by atoms with van der Waals surface area (Å²) < 4.78 is 11.6. The summed E-state index contributed by atoms with van der Waals surface area (Å²) in [6.45, 7) is 0. The molecule has 1 heterocycles. The fourth-order valence-electron chi connectivity index (χ4n) is 2.40. The lowest BCUT2D eigenvalue weighted by Crippen LogP contribution is -2.17. The highest BCUT2D eigenvalue weighted by molar-refractivity contribution is 9.10. The van der Waals surface area contributed by atoms with E-state index in [1.165, 1.54) is 7.11 Å². The molecule has 0 aromatic heterocycles. The van der Waals surface area contributed by atoms with Crippen LogP contribution in [0.1, 0.15) is 11.1 Å². The molecule has 8 heteroatoms. The highest BCUT2D eigenvalue weighted by atomic mass is 79.9. The number of methoxy groups -OCH3 is 1. The third-order valence-electron chi connectivity index (χ3n) is 3.59. The van der Waals surface area contributed by atoms with E-state index in [1.807, 2.05) is 24.3 Å². The molecular formula is C19H14BrNO5S. The lowest BCUT2D eigenvalue weighted by Gasteiger charge is -2.10. The number of nitrogens with one attached hydrogen (secondary N) is 1. The number of ether oxygens (including phenoxy) is 2. The summed E-state index contributed by atoms with van der Waals surface area (Å²) in [5, 5.41) is 1.79. The zero-order valence-corrected chi connectivity index (χ0v) is 16.6. The molecule has 0 unspecified atom stereocenters. The van der Waals surface area contributed by atoms with Gasteiger partial charge in [0.15, 0.2) is 11.5 Å². The largest absolute Gasteiger partial charge is 0.493 e. The Morgan fingerprint density at radius 2 is 2.00 bits per heavy atom. The van der Waals surface area contributed by atoms with Crippen molar-refractivity contribution in [3.8, 4) is 11.5 Å². The molecule has 1 saturated heterocycles. The van der Waals surface area contributed by atoms with Crippen LogP contribution in [-0.2, 0) is 16.0 Å². The molecule has 0 saturated carbocycles. The van der Waals surface area contributed by atoms with E-state index >= 15 is 0 Å². The normalized spacial score (nSPS) is 15.0. The van der Waals surface area contributed by atoms with Crippen molar-refractivity contribution in [3.05, 3.63) is 63.0 Å². The Hall–Kier alpha value is -2.58. The summed E-state index contributed by atoms with van der Waals surface area (Å²) in [7, 11) is 1.46. The predicted molar refractivity (Wildman–Crippen MR) is 106 cm³/mol. The van der Waals surface area contributed by atoms with E-state index in [0.29, 0.717) is 16.2 Å². The van der Waals surface area contributed by atoms with Crippen LogP contribution >= 0.6 is 27.7 Å². The summed E-state index contributed by atoms with van der Waals surface area (Å²) in [6, 6.07) is 12.3. The van der Waals surface area contributed by atoms with Crippen LogP contribution in [0.5, 0.6) is 11.5 Å². The van der Waals surface area contributed by atoms with Gasteiger partial charge in [-0.2, -0.15) is 0 Å². The zero-order valence-electron chi connectivity index (χ0n) is 14.2.